The molecule has 7 heteroatoms. The largest absolute Gasteiger partial charge is 0.327 e. The van der Waals surface area contributed by atoms with Gasteiger partial charge in [-0.25, -0.2) is 13.9 Å². The zero-order valence-electron chi connectivity index (χ0n) is 13.1. The van der Waals surface area contributed by atoms with Gasteiger partial charge in [0.15, 0.2) is 0 Å². The maximum atomic E-state index is 13.0. The Kier molecular flexibility index (Phi) is 3.55. The topological polar surface area (TPSA) is 58.4 Å². The number of imide groups is 1. The molecule has 1 atom stereocenters. The molecule has 2 aliphatic heterocycles. The Balaban J connectivity index is 1.43. The van der Waals surface area contributed by atoms with E-state index in [2.05, 4.69) is 5.10 Å². The van der Waals surface area contributed by atoms with Crippen molar-refractivity contribution in [1.82, 2.24) is 19.6 Å². The summed E-state index contributed by atoms with van der Waals surface area (Å²) in [7, 11) is 0. The number of rotatable bonds is 4. The molecule has 2 aromatic rings. The third-order valence-electron chi connectivity index (χ3n) is 4.61. The monoisotopic (exact) mass is 328 g/mol. The van der Waals surface area contributed by atoms with Crippen LogP contribution in [-0.4, -0.2) is 50.6 Å². The van der Waals surface area contributed by atoms with E-state index in [0.29, 0.717) is 19.5 Å². The molecule has 124 valence electrons. The van der Waals surface area contributed by atoms with Crippen LogP contribution in [-0.2, 0) is 11.2 Å². The molecule has 2 fully saturated rings. The van der Waals surface area contributed by atoms with E-state index in [1.54, 1.807) is 27.9 Å². The van der Waals surface area contributed by atoms with Crippen molar-refractivity contribution >= 4 is 11.9 Å². The SMILES string of the molecule is O=C1C2CCCN2C(=O)N1CCc1ccn(-c2ccc(F)cc2)n1. The standard InChI is InChI=1S/C17H17FN4O2/c18-12-3-5-14(6-4-12)22-11-8-13(19-22)7-10-21-16(23)15-2-1-9-20(15)17(21)24/h3-6,8,11,15H,1-2,7,9-10H2. The Bertz CT molecular complexity index is 764. The van der Waals surface area contributed by atoms with Crippen molar-refractivity contribution in [3.05, 3.63) is 48.0 Å². The van der Waals surface area contributed by atoms with Crippen LogP contribution in [0.5, 0.6) is 0 Å². The number of halogens is 1. The fourth-order valence-corrected chi connectivity index (χ4v) is 3.35. The number of hydrogen-bond acceptors (Lipinski definition) is 3. The maximum Gasteiger partial charge on any atom is 0.327 e. The number of aromatic nitrogens is 2. The van der Waals surface area contributed by atoms with Crippen molar-refractivity contribution in [2.24, 2.45) is 0 Å². The van der Waals surface area contributed by atoms with Gasteiger partial charge >= 0.3 is 6.03 Å². The van der Waals surface area contributed by atoms with Crippen LogP contribution in [0, 0.1) is 5.82 Å². The van der Waals surface area contributed by atoms with E-state index in [1.807, 2.05) is 6.07 Å². The molecule has 4 rings (SSSR count). The summed E-state index contributed by atoms with van der Waals surface area (Å²) in [4.78, 5) is 27.5. The molecular formula is C17H17FN4O2. The lowest BCUT2D eigenvalue weighted by atomic mass is 10.2. The van der Waals surface area contributed by atoms with E-state index < -0.39 is 0 Å². The van der Waals surface area contributed by atoms with Crippen LogP contribution in [0.3, 0.4) is 0 Å². The first-order valence-corrected chi connectivity index (χ1v) is 8.06. The molecule has 0 radical (unpaired) electrons. The molecule has 0 N–H and O–H groups in total. The average Bonchev–Trinajstić information content (AvgIpc) is 3.28. The number of carbonyl (C=O) groups is 2. The third kappa shape index (κ3) is 2.46. The van der Waals surface area contributed by atoms with Gasteiger partial charge in [0.25, 0.3) is 5.91 Å². The highest BCUT2D eigenvalue weighted by molar-refractivity contribution is 6.04. The zero-order valence-corrected chi connectivity index (χ0v) is 13.1. The van der Waals surface area contributed by atoms with Gasteiger partial charge < -0.3 is 4.90 Å². The number of urea groups is 1. The molecular weight excluding hydrogens is 311 g/mol. The van der Waals surface area contributed by atoms with E-state index in [0.717, 1.165) is 24.2 Å². The minimum absolute atomic E-state index is 0.0875. The summed E-state index contributed by atoms with van der Waals surface area (Å²) >= 11 is 0. The quantitative estimate of drug-likeness (QED) is 0.807. The fourth-order valence-electron chi connectivity index (χ4n) is 3.35. The molecule has 0 aliphatic carbocycles. The van der Waals surface area contributed by atoms with E-state index in [-0.39, 0.29) is 23.8 Å². The normalized spacial score (nSPS) is 20.1. The minimum Gasteiger partial charge on any atom is -0.312 e. The fraction of sp³-hybridized carbons (Fsp3) is 0.353. The summed E-state index contributed by atoms with van der Waals surface area (Å²) in [6.07, 6.45) is 3.96. The highest BCUT2D eigenvalue weighted by Gasteiger charge is 2.46. The molecule has 3 amide bonds. The van der Waals surface area contributed by atoms with Gasteiger partial charge in [-0.2, -0.15) is 5.10 Å². The second kappa shape index (κ2) is 5.74. The highest BCUT2D eigenvalue weighted by atomic mass is 19.1. The average molecular weight is 328 g/mol. The van der Waals surface area contributed by atoms with Crippen LogP contribution < -0.4 is 0 Å². The number of benzene rings is 1. The van der Waals surface area contributed by atoms with Crippen molar-refractivity contribution in [3.63, 3.8) is 0 Å². The van der Waals surface area contributed by atoms with Crippen molar-refractivity contribution in [2.75, 3.05) is 13.1 Å². The summed E-state index contributed by atoms with van der Waals surface area (Å²) in [6, 6.07) is 7.46. The molecule has 6 nitrogen and oxygen atoms in total. The summed E-state index contributed by atoms with van der Waals surface area (Å²) in [5.41, 5.74) is 1.55. The van der Waals surface area contributed by atoms with Gasteiger partial charge in [0.2, 0.25) is 0 Å². The molecule has 3 heterocycles. The lowest BCUT2D eigenvalue weighted by Crippen LogP contribution is -2.34. The molecule has 2 saturated heterocycles. The van der Waals surface area contributed by atoms with E-state index in [4.69, 9.17) is 0 Å². The van der Waals surface area contributed by atoms with Crippen LogP contribution in [0.25, 0.3) is 5.69 Å². The van der Waals surface area contributed by atoms with E-state index in [9.17, 15) is 14.0 Å². The minimum atomic E-state index is -0.294. The Labute approximate surface area is 138 Å². The van der Waals surface area contributed by atoms with Gasteiger partial charge in [-0.15, -0.1) is 0 Å². The second-order valence-corrected chi connectivity index (χ2v) is 6.10. The summed E-state index contributed by atoms with van der Waals surface area (Å²) in [5, 5.41) is 4.42. The van der Waals surface area contributed by atoms with Gasteiger partial charge in [0, 0.05) is 25.7 Å². The van der Waals surface area contributed by atoms with Crippen LogP contribution in [0.1, 0.15) is 18.5 Å². The molecule has 1 unspecified atom stereocenters. The summed E-state index contributed by atoms with van der Waals surface area (Å²) < 4.78 is 14.6. The molecule has 24 heavy (non-hydrogen) atoms. The molecule has 0 spiro atoms. The number of carbonyl (C=O) groups excluding carboxylic acids is 2. The number of fused-ring (bicyclic) bond motifs is 1. The Morgan fingerprint density at radius 3 is 2.71 bits per heavy atom. The predicted molar refractivity (Wildman–Crippen MR) is 84.1 cm³/mol. The zero-order chi connectivity index (χ0) is 16.7. The van der Waals surface area contributed by atoms with Crippen LogP contribution in [0.4, 0.5) is 9.18 Å². The molecule has 2 aliphatic rings. The second-order valence-electron chi connectivity index (χ2n) is 6.10. The van der Waals surface area contributed by atoms with Crippen molar-refractivity contribution in [2.45, 2.75) is 25.3 Å². The van der Waals surface area contributed by atoms with Crippen LogP contribution in [0.2, 0.25) is 0 Å². The Morgan fingerprint density at radius 1 is 1.17 bits per heavy atom. The first-order valence-electron chi connectivity index (χ1n) is 8.06. The van der Waals surface area contributed by atoms with Gasteiger partial charge in [0.05, 0.1) is 11.4 Å². The van der Waals surface area contributed by atoms with Gasteiger partial charge in [0.1, 0.15) is 11.9 Å². The Morgan fingerprint density at radius 2 is 1.96 bits per heavy atom. The van der Waals surface area contributed by atoms with Crippen LogP contribution >= 0.6 is 0 Å². The maximum absolute atomic E-state index is 13.0. The molecule has 1 aromatic heterocycles. The lowest BCUT2D eigenvalue weighted by Gasteiger charge is -2.14. The van der Waals surface area contributed by atoms with Crippen LogP contribution in [0.15, 0.2) is 36.5 Å². The van der Waals surface area contributed by atoms with Crippen molar-refractivity contribution in [3.8, 4) is 5.69 Å². The highest BCUT2D eigenvalue weighted by Crippen LogP contribution is 2.27. The van der Waals surface area contributed by atoms with E-state index >= 15 is 0 Å². The first kappa shape index (κ1) is 14.9. The Hall–Kier alpha value is -2.70. The van der Waals surface area contributed by atoms with Crippen molar-refractivity contribution < 1.29 is 14.0 Å². The van der Waals surface area contributed by atoms with Gasteiger partial charge in [-0.05, 0) is 43.2 Å². The summed E-state index contributed by atoms with van der Waals surface area (Å²) in [6.45, 7) is 1.01. The van der Waals surface area contributed by atoms with Gasteiger partial charge in [-0.3, -0.25) is 9.69 Å². The third-order valence-corrected chi connectivity index (χ3v) is 4.61. The smallest absolute Gasteiger partial charge is 0.312 e. The lowest BCUT2D eigenvalue weighted by molar-refractivity contribution is -0.127. The summed E-state index contributed by atoms with van der Waals surface area (Å²) in [5.74, 6) is -0.381. The molecule has 1 aromatic carbocycles. The predicted octanol–water partition coefficient (Wildman–Crippen LogP) is 1.98. The molecule has 0 saturated carbocycles. The number of nitrogens with zero attached hydrogens (tertiary/aromatic N) is 4. The number of hydrogen-bond donors (Lipinski definition) is 0. The van der Waals surface area contributed by atoms with Crippen molar-refractivity contribution in [1.29, 1.82) is 0 Å². The van der Waals surface area contributed by atoms with Gasteiger partial charge in [-0.1, -0.05) is 0 Å². The number of amides is 3. The molecule has 0 bridgehead atoms. The van der Waals surface area contributed by atoms with E-state index in [1.165, 1.54) is 17.0 Å². The first-order chi connectivity index (χ1) is 11.6.